The van der Waals surface area contributed by atoms with Crippen LogP contribution < -0.4 is 0 Å². The molecule has 1 aliphatic rings. The molecule has 1 atom stereocenters. The van der Waals surface area contributed by atoms with Gasteiger partial charge in [0.15, 0.2) is 0 Å². The SMILES string of the molecule is C=CCCCCCC(Br)C1CC1. The average molecular weight is 231 g/mol. The Labute approximate surface area is 84.6 Å². The number of alkyl halides is 1. The van der Waals surface area contributed by atoms with Gasteiger partial charge in [0.2, 0.25) is 0 Å². The topological polar surface area (TPSA) is 0 Å². The van der Waals surface area contributed by atoms with E-state index in [0.717, 1.165) is 10.7 Å². The monoisotopic (exact) mass is 230 g/mol. The van der Waals surface area contributed by atoms with E-state index in [1.165, 1.54) is 44.9 Å². The lowest BCUT2D eigenvalue weighted by Gasteiger charge is -2.06. The Balaban J connectivity index is 1.84. The van der Waals surface area contributed by atoms with Gasteiger partial charge in [-0.15, -0.1) is 6.58 Å². The second kappa shape index (κ2) is 5.80. The summed E-state index contributed by atoms with van der Waals surface area (Å²) in [6.45, 7) is 3.72. The second-order valence-corrected chi connectivity index (χ2v) is 4.96. The van der Waals surface area contributed by atoms with E-state index >= 15 is 0 Å². The quantitative estimate of drug-likeness (QED) is 0.348. The molecule has 0 aromatic heterocycles. The maximum absolute atomic E-state index is 3.75. The molecular formula is C11H19Br. The van der Waals surface area contributed by atoms with Crippen LogP contribution in [0, 0.1) is 5.92 Å². The van der Waals surface area contributed by atoms with Gasteiger partial charge in [0.05, 0.1) is 0 Å². The summed E-state index contributed by atoms with van der Waals surface area (Å²) >= 11 is 3.75. The van der Waals surface area contributed by atoms with Crippen LogP contribution in [0.5, 0.6) is 0 Å². The smallest absolute Gasteiger partial charge is 0.0174 e. The van der Waals surface area contributed by atoms with E-state index in [2.05, 4.69) is 22.5 Å². The molecule has 1 fully saturated rings. The average Bonchev–Trinajstić information content (AvgIpc) is 2.86. The molecule has 0 radical (unpaired) electrons. The highest BCUT2D eigenvalue weighted by Gasteiger charge is 2.28. The van der Waals surface area contributed by atoms with Gasteiger partial charge in [0.25, 0.3) is 0 Å². The van der Waals surface area contributed by atoms with Gasteiger partial charge in [-0.3, -0.25) is 0 Å². The van der Waals surface area contributed by atoms with Gasteiger partial charge in [-0.25, -0.2) is 0 Å². The van der Waals surface area contributed by atoms with Crippen LogP contribution in [0.1, 0.15) is 44.9 Å². The Morgan fingerprint density at radius 2 is 2.08 bits per heavy atom. The highest BCUT2D eigenvalue weighted by atomic mass is 79.9. The van der Waals surface area contributed by atoms with Crippen LogP contribution in [-0.2, 0) is 0 Å². The van der Waals surface area contributed by atoms with E-state index in [4.69, 9.17) is 0 Å². The molecule has 1 heteroatoms. The van der Waals surface area contributed by atoms with Crippen LogP contribution >= 0.6 is 15.9 Å². The van der Waals surface area contributed by atoms with Crippen molar-refractivity contribution in [3.63, 3.8) is 0 Å². The number of hydrogen-bond donors (Lipinski definition) is 0. The van der Waals surface area contributed by atoms with Crippen LogP contribution in [-0.4, -0.2) is 4.83 Å². The zero-order valence-corrected chi connectivity index (χ0v) is 9.35. The summed E-state index contributed by atoms with van der Waals surface area (Å²) in [6, 6.07) is 0. The molecule has 0 heterocycles. The molecule has 0 nitrogen and oxygen atoms in total. The first-order valence-corrected chi connectivity index (χ1v) is 6.01. The number of allylic oxidation sites excluding steroid dienone is 1. The number of hydrogen-bond acceptors (Lipinski definition) is 0. The molecule has 1 unspecified atom stereocenters. The molecule has 0 saturated heterocycles. The van der Waals surface area contributed by atoms with Gasteiger partial charge in [-0.1, -0.05) is 34.8 Å². The second-order valence-electron chi connectivity index (χ2n) is 3.78. The Bertz CT molecular complexity index is 127. The first-order valence-electron chi connectivity index (χ1n) is 5.09. The van der Waals surface area contributed by atoms with Crippen LogP contribution in [0.4, 0.5) is 0 Å². The molecule has 0 spiro atoms. The van der Waals surface area contributed by atoms with Gasteiger partial charge in [0.1, 0.15) is 0 Å². The molecule has 1 rings (SSSR count). The molecule has 0 aliphatic heterocycles. The summed E-state index contributed by atoms with van der Waals surface area (Å²) in [4.78, 5) is 0.821. The third kappa shape index (κ3) is 4.30. The molecule has 0 amide bonds. The standard InChI is InChI=1S/C11H19Br/c1-2-3-4-5-6-7-11(12)10-8-9-10/h2,10-11H,1,3-9H2. The molecular weight excluding hydrogens is 212 g/mol. The van der Waals surface area contributed by atoms with Crippen molar-refractivity contribution in [2.75, 3.05) is 0 Å². The van der Waals surface area contributed by atoms with Gasteiger partial charge in [0, 0.05) is 4.83 Å². The third-order valence-electron chi connectivity index (χ3n) is 2.52. The summed E-state index contributed by atoms with van der Waals surface area (Å²) in [7, 11) is 0. The molecule has 0 N–H and O–H groups in total. The Hall–Kier alpha value is 0.220. The predicted octanol–water partition coefficient (Wildman–Crippen LogP) is 4.30. The highest BCUT2D eigenvalue weighted by molar-refractivity contribution is 9.09. The minimum absolute atomic E-state index is 0.821. The minimum Gasteiger partial charge on any atom is -0.103 e. The highest BCUT2D eigenvalue weighted by Crippen LogP contribution is 2.38. The lowest BCUT2D eigenvalue weighted by molar-refractivity contribution is 0.605. The van der Waals surface area contributed by atoms with Gasteiger partial charge in [-0.05, 0) is 38.0 Å². The number of unbranched alkanes of at least 4 members (excludes halogenated alkanes) is 3. The number of rotatable bonds is 7. The summed E-state index contributed by atoms with van der Waals surface area (Å²) in [5.74, 6) is 1.02. The molecule has 0 aromatic rings. The Kier molecular flexibility index (Phi) is 4.98. The molecule has 0 bridgehead atoms. The Morgan fingerprint density at radius 3 is 2.67 bits per heavy atom. The van der Waals surface area contributed by atoms with Crippen LogP contribution in [0.3, 0.4) is 0 Å². The normalized spacial score (nSPS) is 19.1. The third-order valence-corrected chi connectivity index (χ3v) is 3.73. The van der Waals surface area contributed by atoms with E-state index < -0.39 is 0 Å². The van der Waals surface area contributed by atoms with Crippen LogP contribution in [0.15, 0.2) is 12.7 Å². The summed E-state index contributed by atoms with van der Waals surface area (Å²) in [6.07, 6.45) is 11.6. The number of halogens is 1. The van der Waals surface area contributed by atoms with Crippen molar-refractivity contribution < 1.29 is 0 Å². The van der Waals surface area contributed by atoms with Gasteiger partial charge >= 0.3 is 0 Å². The van der Waals surface area contributed by atoms with E-state index in [9.17, 15) is 0 Å². The molecule has 1 aliphatic carbocycles. The zero-order valence-electron chi connectivity index (χ0n) is 7.77. The first kappa shape index (κ1) is 10.3. The van der Waals surface area contributed by atoms with Crippen molar-refractivity contribution in [2.45, 2.75) is 49.8 Å². The minimum atomic E-state index is 0.821. The maximum atomic E-state index is 3.75. The molecule has 1 saturated carbocycles. The van der Waals surface area contributed by atoms with Crippen molar-refractivity contribution in [1.29, 1.82) is 0 Å². The molecule has 12 heavy (non-hydrogen) atoms. The van der Waals surface area contributed by atoms with Crippen LogP contribution in [0.25, 0.3) is 0 Å². The van der Waals surface area contributed by atoms with Crippen molar-refractivity contribution in [2.24, 2.45) is 5.92 Å². The largest absolute Gasteiger partial charge is 0.103 e. The predicted molar refractivity (Wildman–Crippen MR) is 58.7 cm³/mol. The summed E-state index contributed by atoms with van der Waals surface area (Å²) in [5.41, 5.74) is 0. The van der Waals surface area contributed by atoms with E-state index in [1.807, 2.05) is 6.08 Å². The van der Waals surface area contributed by atoms with Crippen molar-refractivity contribution in [3.8, 4) is 0 Å². The Morgan fingerprint density at radius 1 is 1.33 bits per heavy atom. The fraction of sp³-hybridized carbons (Fsp3) is 0.818. The fourth-order valence-electron chi connectivity index (χ4n) is 1.50. The van der Waals surface area contributed by atoms with E-state index in [-0.39, 0.29) is 0 Å². The summed E-state index contributed by atoms with van der Waals surface area (Å²) < 4.78 is 0. The van der Waals surface area contributed by atoms with E-state index in [0.29, 0.717) is 0 Å². The lowest BCUT2D eigenvalue weighted by Crippen LogP contribution is -1.99. The van der Waals surface area contributed by atoms with Crippen molar-refractivity contribution in [1.82, 2.24) is 0 Å². The van der Waals surface area contributed by atoms with Crippen molar-refractivity contribution >= 4 is 15.9 Å². The van der Waals surface area contributed by atoms with Crippen molar-refractivity contribution in [3.05, 3.63) is 12.7 Å². The lowest BCUT2D eigenvalue weighted by atomic mass is 10.1. The zero-order chi connectivity index (χ0) is 8.81. The fourth-order valence-corrected chi connectivity index (χ4v) is 2.35. The molecule has 0 aromatic carbocycles. The van der Waals surface area contributed by atoms with Crippen LogP contribution in [0.2, 0.25) is 0 Å². The van der Waals surface area contributed by atoms with Gasteiger partial charge in [-0.2, -0.15) is 0 Å². The maximum Gasteiger partial charge on any atom is 0.0174 e. The van der Waals surface area contributed by atoms with Gasteiger partial charge < -0.3 is 0 Å². The first-order chi connectivity index (χ1) is 5.84. The molecule has 70 valence electrons. The van der Waals surface area contributed by atoms with E-state index in [1.54, 1.807) is 0 Å². The summed E-state index contributed by atoms with van der Waals surface area (Å²) in [5, 5.41) is 0.